The summed E-state index contributed by atoms with van der Waals surface area (Å²) in [5, 5.41) is 15.1. The molecule has 2 amide bonds. The fourth-order valence-corrected chi connectivity index (χ4v) is 4.17. The minimum atomic E-state index is -1.04. The Morgan fingerprint density at radius 2 is 1.86 bits per heavy atom. The molecular weight excluding hydrogens is 270 g/mol. The Balaban J connectivity index is 1.53. The molecule has 0 aromatic rings. The van der Waals surface area contributed by atoms with Gasteiger partial charge in [-0.3, -0.25) is 0 Å². The minimum absolute atomic E-state index is 0.177. The molecule has 0 aromatic carbocycles. The third-order valence-corrected chi connectivity index (χ3v) is 5.37. The molecule has 1 saturated carbocycles. The highest BCUT2D eigenvalue weighted by Crippen LogP contribution is 2.30. The summed E-state index contributed by atoms with van der Waals surface area (Å²) in [7, 11) is 0. The average molecular weight is 295 g/mol. The van der Waals surface area contributed by atoms with E-state index >= 15 is 0 Å². The van der Waals surface area contributed by atoms with Gasteiger partial charge in [0, 0.05) is 18.6 Å². The molecule has 3 fully saturated rings. The number of fused-ring (bicyclic) bond motifs is 1. The maximum atomic E-state index is 12.2. The molecule has 1 aliphatic carbocycles. The fraction of sp³-hybridized carbons (Fsp3) is 0.867. The number of nitrogens with zero attached hydrogens (tertiary/aromatic N) is 1. The molecule has 3 aliphatic rings. The number of carbonyl (C=O) groups excluding carboxylic acids is 1. The van der Waals surface area contributed by atoms with Crippen LogP contribution in [-0.2, 0) is 4.79 Å². The van der Waals surface area contributed by atoms with Crippen LogP contribution in [0.25, 0.3) is 0 Å². The zero-order valence-corrected chi connectivity index (χ0v) is 12.4. The highest BCUT2D eigenvalue weighted by Gasteiger charge is 2.43. The van der Waals surface area contributed by atoms with Gasteiger partial charge in [0.25, 0.3) is 0 Å². The third-order valence-electron chi connectivity index (χ3n) is 5.37. The second-order valence-corrected chi connectivity index (χ2v) is 6.75. The number of carbonyl (C=O) groups is 2. The van der Waals surface area contributed by atoms with Crippen molar-refractivity contribution in [3.05, 3.63) is 0 Å². The molecule has 6 nitrogen and oxygen atoms in total. The number of piperidine rings is 1. The highest BCUT2D eigenvalue weighted by atomic mass is 16.4. The molecule has 3 rings (SSSR count). The van der Waals surface area contributed by atoms with Crippen LogP contribution in [0.5, 0.6) is 0 Å². The van der Waals surface area contributed by atoms with E-state index in [9.17, 15) is 14.7 Å². The molecule has 118 valence electrons. The smallest absolute Gasteiger partial charge is 0.329 e. The van der Waals surface area contributed by atoms with Crippen molar-refractivity contribution in [3.8, 4) is 0 Å². The predicted octanol–water partition coefficient (Wildman–Crippen LogP) is 1.31. The first-order chi connectivity index (χ1) is 10.1. The summed E-state index contributed by atoms with van der Waals surface area (Å²) in [6, 6.07) is 0.469. The largest absolute Gasteiger partial charge is 0.480 e. The lowest BCUT2D eigenvalue weighted by Gasteiger charge is -2.35. The molecule has 0 radical (unpaired) electrons. The Bertz CT molecular complexity index is 420. The van der Waals surface area contributed by atoms with Crippen LogP contribution in [0.15, 0.2) is 0 Å². The van der Waals surface area contributed by atoms with Gasteiger partial charge in [0.05, 0.1) is 0 Å². The van der Waals surface area contributed by atoms with Crippen molar-refractivity contribution in [2.45, 2.75) is 69.0 Å². The topological polar surface area (TPSA) is 81.7 Å². The van der Waals surface area contributed by atoms with E-state index in [1.807, 2.05) is 0 Å². The van der Waals surface area contributed by atoms with E-state index in [4.69, 9.17) is 0 Å². The van der Waals surface area contributed by atoms with Gasteiger partial charge in [-0.05, 0) is 45.1 Å². The molecule has 2 atom stereocenters. The van der Waals surface area contributed by atoms with E-state index < -0.39 is 11.5 Å². The van der Waals surface area contributed by atoms with Crippen molar-refractivity contribution in [1.82, 2.24) is 15.5 Å². The van der Waals surface area contributed by atoms with Gasteiger partial charge in [-0.15, -0.1) is 0 Å². The highest BCUT2D eigenvalue weighted by molar-refractivity contribution is 5.86. The van der Waals surface area contributed by atoms with Crippen LogP contribution in [0.2, 0.25) is 0 Å². The van der Waals surface area contributed by atoms with Crippen LogP contribution in [-0.4, -0.2) is 52.7 Å². The first kappa shape index (κ1) is 14.6. The lowest BCUT2D eigenvalue weighted by molar-refractivity contribution is -0.144. The quantitative estimate of drug-likeness (QED) is 0.733. The first-order valence-corrected chi connectivity index (χ1v) is 8.15. The Morgan fingerprint density at radius 3 is 2.57 bits per heavy atom. The van der Waals surface area contributed by atoms with Gasteiger partial charge in [0.1, 0.15) is 5.54 Å². The first-order valence-electron chi connectivity index (χ1n) is 8.15. The van der Waals surface area contributed by atoms with E-state index in [2.05, 4.69) is 15.5 Å². The van der Waals surface area contributed by atoms with E-state index in [1.54, 1.807) is 0 Å². The van der Waals surface area contributed by atoms with Crippen molar-refractivity contribution in [2.24, 2.45) is 0 Å². The number of aliphatic carboxylic acids is 1. The van der Waals surface area contributed by atoms with Gasteiger partial charge in [0.15, 0.2) is 0 Å². The number of hydrogen-bond donors (Lipinski definition) is 3. The molecule has 0 bridgehead atoms. The van der Waals surface area contributed by atoms with E-state index in [0.29, 0.717) is 18.9 Å². The minimum Gasteiger partial charge on any atom is -0.480 e. The molecular formula is C15H25N3O3. The molecule has 21 heavy (non-hydrogen) atoms. The van der Waals surface area contributed by atoms with Gasteiger partial charge >= 0.3 is 12.0 Å². The number of carboxylic acids is 1. The van der Waals surface area contributed by atoms with Crippen LogP contribution >= 0.6 is 0 Å². The SMILES string of the molecule is O=C(NC1CCN2CCCC2C1)NC1(C(=O)O)CCCC1. The summed E-state index contributed by atoms with van der Waals surface area (Å²) in [5.74, 6) is -0.902. The van der Waals surface area contributed by atoms with Gasteiger partial charge < -0.3 is 20.6 Å². The molecule has 2 saturated heterocycles. The zero-order valence-electron chi connectivity index (χ0n) is 12.4. The molecule has 2 heterocycles. The average Bonchev–Trinajstić information content (AvgIpc) is 3.07. The summed E-state index contributed by atoms with van der Waals surface area (Å²) < 4.78 is 0. The van der Waals surface area contributed by atoms with Crippen LogP contribution in [0.1, 0.15) is 51.4 Å². The van der Waals surface area contributed by atoms with Crippen molar-refractivity contribution in [3.63, 3.8) is 0 Å². The maximum absolute atomic E-state index is 12.2. The van der Waals surface area contributed by atoms with Crippen molar-refractivity contribution < 1.29 is 14.7 Å². The standard InChI is InChI=1S/C15H25N3O3/c19-13(20)15(6-1-2-7-15)17-14(21)16-11-5-9-18-8-3-4-12(18)10-11/h11-12H,1-10H2,(H,19,20)(H2,16,17,21). The van der Waals surface area contributed by atoms with Crippen molar-refractivity contribution in [1.29, 1.82) is 0 Å². The second-order valence-electron chi connectivity index (χ2n) is 6.75. The Morgan fingerprint density at radius 1 is 1.10 bits per heavy atom. The van der Waals surface area contributed by atoms with Crippen LogP contribution in [0.3, 0.4) is 0 Å². The summed E-state index contributed by atoms with van der Waals surface area (Å²) in [6.07, 6.45) is 7.25. The van der Waals surface area contributed by atoms with Crippen LogP contribution in [0.4, 0.5) is 4.79 Å². The van der Waals surface area contributed by atoms with Crippen molar-refractivity contribution in [2.75, 3.05) is 13.1 Å². The zero-order chi connectivity index (χ0) is 14.9. The summed E-state index contributed by atoms with van der Waals surface area (Å²) in [5.41, 5.74) is -1.04. The predicted molar refractivity (Wildman–Crippen MR) is 78.1 cm³/mol. The molecule has 6 heteroatoms. The number of nitrogens with one attached hydrogen (secondary N) is 2. The monoisotopic (exact) mass is 295 g/mol. The lowest BCUT2D eigenvalue weighted by Crippen LogP contribution is -2.58. The molecule has 2 unspecified atom stereocenters. The summed E-state index contributed by atoms with van der Waals surface area (Å²) in [4.78, 5) is 26.1. The second kappa shape index (κ2) is 5.83. The number of rotatable bonds is 3. The summed E-state index contributed by atoms with van der Waals surface area (Å²) in [6.45, 7) is 2.23. The van der Waals surface area contributed by atoms with Crippen LogP contribution < -0.4 is 10.6 Å². The van der Waals surface area contributed by atoms with Gasteiger partial charge in [-0.2, -0.15) is 0 Å². The number of hydrogen-bond acceptors (Lipinski definition) is 3. The lowest BCUT2D eigenvalue weighted by atomic mass is 9.97. The molecule has 0 aromatic heterocycles. The Labute approximate surface area is 125 Å². The molecule has 0 spiro atoms. The van der Waals surface area contributed by atoms with Gasteiger partial charge in [-0.25, -0.2) is 9.59 Å². The van der Waals surface area contributed by atoms with E-state index in [-0.39, 0.29) is 12.1 Å². The number of amides is 2. The Kier molecular flexibility index (Phi) is 4.06. The summed E-state index contributed by atoms with van der Waals surface area (Å²) >= 11 is 0. The van der Waals surface area contributed by atoms with Gasteiger partial charge in [-0.1, -0.05) is 12.8 Å². The molecule has 3 N–H and O–H groups in total. The van der Waals surface area contributed by atoms with Crippen LogP contribution in [0, 0.1) is 0 Å². The maximum Gasteiger partial charge on any atom is 0.329 e. The number of urea groups is 1. The van der Waals surface area contributed by atoms with Gasteiger partial charge in [0.2, 0.25) is 0 Å². The number of carboxylic acid groups (broad SMARTS) is 1. The van der Waals surface area contributed by atoms with E-state index in [1.165, 1.54) is 19.4 Å². The van der Waals surface area contributed by atoms with E-state index in [0.717, 1.165) is 32.2 Å². The van der Waals surface area contributed by atoms with Crippen molar-refractivity contribution >= 4 is 12.0 Å². The Hall–Kier alpha value is -1.30. The molecule has 2 aliphatic heterocycles. The normalized spacial score (nSPS) is 31.6. The fourth-order valence-electron chi connectivity index (χ4n) is 4.17. The third kappa shape index (κ3) is 3.00.